The smallest absolute Gasteiger partial charge is 0.129 e. The molecule has 3 nitrogen and oxygen atoms in total. The SMILES string of the molecule is OCc1ccc(CN[C@@H]2CC[C@@H](c3cccc(F)c3)C2)o1. The molecule has 4 heteroatoms. The average molecular weight is 289 g/mol. The summed E-state index contributed by atoms with van der Waals surface area (Å²) in [5.74, 6) is 1.71. The van der Waals surface area contributed by atoms with Gasteiger partial charge in [-0.1, -0.05) is 12.1 Å². The predicted molar refractivity (Wildman–Crippen MR) is 78.3 cm³/mol. The molecule has 1 aliphatic rings. The molecule has 3 rings (SSSR count). The van der Waals surface area contributed by atoms with Gasteiger partial charge in [-0.2, -0.15) is 0 Å². The molecule has 0 bridgehead atoms. The molecule has 2 atom stereocenters. The van der Waals surface area contributed by atoms with Gasteiger partial charge in [-0.25, -0.2) is 4.39 Å². The molecule has 1 aliphatic carbocycles. The number of hydrogen-bond acceptors (Lipinski definition) is 3. The van der Waals surface area contributed by atoms with Gasteiger partial charge in [0.1, 0.15) is 23.9 Å². The molecule has 1 aromatic heterocycles. The quantitative estimate of drug-likeness (QED) is 0.887. The molecule has 112 valence electrons. The maximum absolute atomic E-state index is 13.3. The minimum Gasteiger partial charge on any atom is -0.462 e. The standard InChI is InChI=1S/C17H20FNO2/c18-14-3-1-2-12(8-14)13-4-5-15(9-13)19-10-16-6-7-17(11-20)21-16/h1-3,6-8,13,15,19-20H,4-5,9-11H2/t13-,15-/m1/s1. The zero-order chi connectivity index (χ0) is 14.7. The second kappa shape index (κ2) is 6.41. The summed E-state index contributed by atoms with van der Waals surface area (Å²) in [6.07, 6.45) is 3.20. The van der Waals surface area contributed by atoms with Crippen LogP contribution in [-0.2, 0) is 13.2 Å². The number of aliphatic hydroxyl groups excluding tert-OH is 1. The monoisotopic (exact) mass is 289 g/mol. The van der Waals surface area contributed by atoms with Crippen molar-refractivity contribution in [2.24, 2.45) is 0 Å². The summed E-state index contributed by atoms with van der Waals surface area (Å²) >= 11 is 0. The summed E-state index contributed by atoms with van der Waals surface area (Å²) in [6.45, 7) is 0.603. The van der Waals surface area contributed by atoms with Crippen LogP contribution in [0.4, 0.5) is 4.39 Å². The maximum atomic E-state index is 13.3. The zero-order valence-corrected chi connectivity index (χ0v) is 11.9. The van der Waals surface area contributed by atoms with E-state index < -0.39 is 0 Å². The van der Waals surface area contributed by atoms with Crippen LogP contribution >= 0.6 is 0 Å². The highest BCUT2D eigenvalue weighted by Gasteiger charge is 2.25. The highest BCUT2D eigenvalue weighted by molar-refractivity contribution is 5.22. The van der Waals surface area contributed by atoms with E-state index >= 15 is 0 Å². The minimum absolute atomic E-state index is 0.0644. The van der Waals surface area contributed by atoms with E-state index in [0.29, 0.717) is 24.3 Å². The van der Waals surface area contributed by atoms with Gasteiger partial charge < -0.3 is 14.8 Å². The first-order valence-corrected chi connectivity index (χ1v) is 7.42. The molecule has 0 amide bonds. The molecule has 1 fully saturated rings. The largest absolute Gasteiger partial charge is 0.462 e. The Labute approximate surface area is 123 Å². The zero-order valence-electron chi connectivity index (χ0n) is 11.9. The Morgan fingerprint density at radius 3 is 2.81 bits per heavy atom. The van der Waals surface area contributed by atoms with Crippen molar-refractivity contribution in [3.05, 3.63) is 59.3 Å². The third-order valence-electron chi connectivity index (χ3n) is 4.19. The van der Waals surface area contributed by atoms with E-state index in [9.17, 15) is 4.39 Å². The van der Waals surface area contributed by atoms with E-state index in [1.807, 2.05) is 12.1 Å². The summed E-state index contributed by atoms with van der Waals surface area (Å²) < 4.78 is 18.7. The van der Waals surface area contributed by atoms with E-state index in [0.717, 1.165) is 30.6 Å². The fourth-order valence-corrected chi connectivity index (χ4v) is 3.08. The van der Waals surface area contributed by atoms with Crippen molar-refractivity contribution in [2.75, 3.05) is 0 Å². The minimum atomic E-state index is -0.156. The summed E-state index contributed by atoms with van der Waals surface area (Å²) in [6, 6.07) is 11.0. The summed E-state index contributed by atoms with van der Waals surface area (Å²) in [7, 11) is 0. The Morgan fingerprint density at radius 1 is 1.19 bits per heavy atom. The number of nitrogens with one attached hydrogen (secondary N) is 1. The van der Waals surface area contributed by atoms with Crippen molar-refractivity contribution in [1.29, 1.82) is 0 Å². The van der Waals surface area contributed by atoms with Crippen molar-refractivity contribution < 1.29 is 13.9 Å². The first-order chi connectivity index (χ1) is 10.2. The molecular weight excluding hydrogens is 269 g/mol. The highest BCUT2D eigenvalue weighted by atomic mass is 19.1. The number of hydrogen-bond donors (Lipinski definition) is 2. The van der Waals surface area contributed by atoms with Crippen LogP contribution in [0.25, 0.3) is 0 Å². The Hall–Kier alpha value is -1.65. The second-order valence-electron chi connectivity index (χ2n) is 5.67. The molecule has 1 heterocycles. The van der Waals surface area contributed by atoms with Gasteiger partial charge >= 0.3 is 0 Å². The van der Waals surface area contributed by atoms with Gasteiger partial charge in [0.25, 0.3) is 0 Å². The predicted octanol–water partition coefficient (Wildman–Crippen LogP) is 3.34. The summed E-state index contributed by atoms with van der Waals surface area (Å²) in [4.78, 5) is 0. The summed E-state index contributed by atoms with van der Waals surface area (Å²) in [5, 5.41) is 12.4. The third-order valence-corrected chi connectivity index (χ3v) is 4.19. The van der Waals surface area contributed by atoms with Crippen molar-refractivity contribution in [3.63, 3.8) is 0 Å². The molecule has 0 spiro atoms. The molecule has 0 saturated heterocycles. The number of halogens is 1. The van der Waals surface area contributed by atoms with Crippen LogP contribution in [0.2, 0.25) is 0 Å². The lowest BCUT2D eigenvalue weighted by molar-refractivity contribution is 0.242. The van der Waals surface area contributed by atoms with E-state index in [-0.39, 0.29) is 12.4 Å². The number of benzene rings is 1. The van der Waals surface area contributed by atoms with Gasteiger partial charge in [-0.15, -0.1) is 0 Å². The fraction of sp³-hybridized carbons (Fsp3) is 0.412. The van der Waals surface area contributed by atoms with Crippen molar-refractivity contribution in [3.8, 4) is 0 Å². The van der Waals surface area contributed by atoms with Gasteiger partial charge in [0.05, 0.1) is 6.54 Å². The lowest BCUT2D eigenvalue weighted by Crippen LogP contribution is -2.25. The molecule has 1 aromatic carbocycles. The highest BCUT2D eigenvalue weighted by Crippen LogP contribution is 2.34. The van der Waals surface area contributed by atoms with Gasteiger partial charge in [0.15, 0.2) is 0 Å². The van der Waals surface area contributed by atoms with Crippen LogP contribution in [0.1, 0.15) is 42.3 Å². The van der Waals surface area contributed by atoms with Crippen LogP contribution in [0, 0.1) is 5.82 Å². The molecule has 21 heavy (non-hydrogen) atoms. The van der Waals surface area contributed by atoms with Gasteiger partial charge in [0, 0.05) is 6.04 Å². The fourth-order valence-electron chi connectivity index (χ4n) is 3.08. The number of aliphatic hydroxyl groups is 1. The van der Waals surface area contributed by atoms with Gasteiger partial charge in [-0.05, 0) is 55.0 Å². The average Bonchev–Trinajstić information content (AvgIpc) is 3.14. The lowest BCUT2D eigenvalue weighted by Gasteiger charge is -2.13. The number of furan rings is 1. The van der Waals surface area contributed by atoms with Crippen molar-refractivity contribution in [2.45, 2.75) is 44.4 Å². The second-order valence-corrected chi connectivity index (χ2v) is 5.67. The first kappa shape index (κ1) is 14.3. The summed E-state index contributed by atoms with van der Waals surface area (Å²) in [5.41, 5.74) is 1.10. The van der Waals surface area contributed by atoms with Crippen LogP contribution in [0.5, 0.6) is 0 Å². The Morgan fingerprint density at radius 2 is 2.05 bits per heavy atom. The van der Waals surface area contributed by atoms with Gasteiger partial charge in [0.2, 0.25) is 0 Å². The Bertz CT molecular complexity index is 596. The third kappa shape index (κ3) is 3.52. The lowest BCUT2D eigenvalue weighted by atomic mass is 9.97. The molecule has 2 aromatic rings. The molecule has 0 aliphatic heterocycles. The van der Waals surface area contributed by atoms with E-state index in [1.54, 1.807) is 18.2 Å². The van der Waals surface area contributed by atoms with Crippen molar-refractivity contribution in [1.82, 2.24) is 5.32 Å². The maximum Gasteiger partial charge on any atom is 0.129 e. The Kier molecular flexibility index (Phi) is 4.36. The van der Waals surface area contributed by atoms with Crippen LogP contribution in [0.3, 0.4) is 0 Å². The first-order valence-electron chi connectivity index (χ1n) is 7.42. The van der Waals surface area contributed by atoms with Crippen LogP contribution in [0.15, 0.2) is 40.8 Å². The number of rotatable bonds is 5. The van der Waals surface area contributed by atoms with Crippen LogP contribution < -0.4 is 5.32 Å². The topological polar surface area (TPSA) is 45.4 Å². The normalized spacial score (nSPS) is 21.8. The van der Waals surface area contributed by atoms with E-state index in [2.05, 4.69) is 5.32 Å². The Balaban J connectivity index is 1.52. The molecular formula is C17H20FNO2. The van der Waals surface area contributed by atoms with Gasteiger partial charge in [-0.3, -0.25) is 0 Å². The molecule has 0 radical (unpaired) electrons. The van der Waals surface area contributed by atoms with Crippen molar-refractivity contribution >= 4 is 0 Å². The molecule has 1 saturated carbocycles. The molecule has 0 unspecified atom stereocenters. The van der Waals surface area contributed by atoms with E-state index in [4.69, 9.17) is 9.52 Å². The van der Waals surface area contributed by atoms with Crippen LogP contribution in [-0.4, -0.2) is 11.1 Å². The molecule has 2 N–H and O–H groups in total. The van der Waals surface area contributed by atoms with E-state index in [1.165, 1.54) is 6.07 Å².